The number of likely N-dealkylation sites (tertiary alicyclic amines) is 1. The van der Waals surface area contributed by atoms with Crippen LogP contribution in [0, 0.1) is 6.92 Å². The van der Waals surface area contributed by atoms with Crippen LogP contribution in [0.25, 0.3) is 0 Å². The van der Waals surface area contributed by atoms with Crippen molar-refractivity contribution in [3.63, 3.8) is 0 Å². The first-order valence-electron chi connectivity index (χ1n) is 4.82. The number of nitrogens with zero attached hydrogens (tertiary/aromatic N) is 2. The minimum atomic E-state index is -4.55. The van der Waals surface area contributed by atoms with Crippen LogP contribution in [-0.2, 0) is 6.18 Å². The number of halogens is 3. The van der Waals surface area contributed by atoms with Crippen molar-refractivity contribution in [2.75, 3.05) is 13.1 Å². The normalized spacial score (nSPS) is 16.1. The van der Waals surface area contributed by atoms with E-state index in [0.717, 1.165) is 6.42 Å². The maximum atomic E-state index is 12.7. The molecule has 2 heterocycles. The second kappa shape index (κ2) is 3.50. The van der Waals surface area contributed by atoms with Crippen molar-refractivity contribution in [2.24, 2.45) is 0 Å². The van der Waals surface area contributed by atoms with Crippen LogP contribution >= 0.6 is 0 Å². The summed E-state index contributed by atoms with van der Waals surface area (Å²) in [4.78, 5) is 13.0. The Morgan fingerprint density at radius 1 is 1.44 bits per heavy atom. The Hall–Kier alpha value is -1.53. The van der Waals surface area contributed by atoms with Crippen LogP contribution in [-0.4, -0.2) is 34.1 Å². The molecule has 0 unspecified atom stereocenters. The fraction of sp³-hybridized carbons (Fsp3) is 0.556. The molecule has 1 aromatic rings. The zero-order chi connectivity index (χ0) is 11.9. The summed E-state index contributed by atoms with van der Waals surface area (Å²) in [7, 11) is 0. The molecule has 1 aromatic heterocycles. The molecule has 0 atom stereocenters. The molecular formula is C9H10F3N3O. The van der Waals surface area contributed by atoms with Gasteiger partial charge in [0, 0.05) is 18.8 Å². The number of aromatic nitrogens is 2. The highest BCUT2D eigenvalue weighted by Gasteiger charge is 2.41. The molecule has 0 bridgehead atoms. The maximum absolute atomic E-state index is 12.7. The third-order valence-corrected chi connectivity index (χ3v) is 2.58. The monoisotopic (exact) mass is 233 g/mol. The summed E-state index contributed by atoms with van der Waals surface area (Å²) in [6.45, 7) is 2.26. The summed E-state index contributed by atoms with van der Waals surface area (Å²) >= 11 is 0. The molecule has 7 heteroatoms. The van der Waals surface area contributed by atoms with Gasteiger partial charge >= 0.3 is 6.18 Å². The summed E-state index contributed by atoms with van der Waals surface area (Å²) in [5.41, 5.74) is -1.61. The van der Waals surface area contributed by atoms with Crippen molar-refractivity contribution >= 4 is 5.91 Å². The highest BCUT2D eigenvalue weighted by molar-refractivity contribution is 5.94. The van der Waals surface area contributed by atoms with Crippen molar-refractivity contribution in [3.05, 3.63) is 17.0 Å². The number of aryl methyl sites for hydroxylation is 1. The van der Waals surface area contributed by atoms with E-state index < -0.39 is 23.3 Å². The van der Waals surface area contributed by atoms with Crippen molar-refractivity contribution in [1.82, 2.24) is 15.1 Å². The van der Waals surface area contributed by atoms with Crippen molar-refractivity contribution in [3.8, 4) is 0 Å². The lowest BCUT2D eigenvalue weighted by atomic mass is 10.1. The molecule has 88 valence electrons. The maximum Gasteiger partial charge on any atom is 0.420 e. The Balaban J connectivity index is 2.37. The number of hydrogen-bond acceptors (Lipinski definition) is 2. The van der Waals surface area contributed by atoms with E-state index in [2.05, 4.69) is 10.2 Å². The van der Waals surface area contributed by atoms with Crippen molar-refractivity contribution in [1.29, 1.82) is 0 Å². The molecule has 4 nitrogen and oxygen atoms in total. The minimum absolute atomic E-state index is 0.128. The van der Waals surface area contributed by atoms with Gasteiger partial charge in [0.25, 0.3) is 5.91 Å². The zero-order valence-corrected chi connectivity index (χ0v) is 8.56. The molecule has 1 aliphatic rings. The molecule has 0 spiro atoms. The van der Waals surface area contributed by atoms with Crippen LogP contribution in [0.15, 0.2) is 0 Å². The van der Waals surface area contributed by atoms with Gasteiger partial charge in [-0.1, -0.05) is 0 Å². The zero-order valence-electron chi connectivity index (χ0n) is 8.56. The third kappa shape index (κ3) is 1.66. The first-order valence-corrected chi connectivity index (χ1v) is 4.82. The summed E-state index contributed by atoms with van der Waals surface area (Å²) in [6, 6.07) is 0. The van der Waals surface area contributed by atoms with Crippen LogP contribution < -0.4 is 0 Å². The lowest BCUT2D eigenvalue weighted by molar-refractivity contribution is -0.138. The number of H-pyrrole nitrogens is 1. The summed E-state index contributed by atoms with van der Waals surface area (Å²) in [6.07, 6.45) is -3.72. The summed E-state index contributed by atoms with van der Waals surface area (Å²) < 4.78 is 38.0. The van der Waals surface area contributed by atoms with E-state index >= 15 is 0 Å². The van der Waals surface area contributed by atoms with Crippen LogP contribution in [0.4, 0.5) is 13.2 Å². The quantitative estimate of drug-likeness (QED) is 0.800. The number of amides is 1. The lowest BCUT2D eigenvalue weighted by Crippen LogP contribution is -2.42. The van der Waals surface area contributed by atoms with Gasteiger partial charge < -0.3 is 4.90 Å². The smallest absolute Gasteiger partial charge is 0.337 e. The number of hydrogen-bond donors (Lipinski definition) is 1. The van der Waals surface area contributed by atoms with Gasteiger partial charge in [-0.2, -0.15) is 18.3 Å². The largest absolute Gasteiger partial charge is 0.420 e. The van der Waals surface area contributed by atoms with Crippen LogP contribution in [0.5, 0.6) is 0 Å². The molecule has 1 N–H and O–H groups in total. The first-order chi connectivity index (χ1) is 7.41. The van der Waals surface area contributed by atoms with E-state index in [1.165, 1.54) is 11.8 Å². The predicted octanol–water partition coefficient (Wildman–Crippen LogP) is 1.58. The van der Waals surface area contributed by atoms with E-state index in [1.807, 2.05) is 0 Å². The van der Waals surface area contributed by atoms with E-state index in [4.69, 9.17) is 0 Å². The Kier molecular flexibility index (Phi) is 2.40. The van der Waals surface area contributed by atoms with Gasteiger partial charge in [0.2, 0.25) is 0 Å². The fourth-order valence-corrected chi connectivity index (χ4v) is 1.60. The Labute approximate surface area is 89.4 Å². The molecule has 1 fully saturated rings. The molecule has 0 radical (unpaired) electrons. The molecule has 1 saturated heterocycles. The van der Waals surface area contributed by atoms with Crippen molar-refractivity contribution in [2.45, 2.75) is 19.5 Å². The number of alkyl halides is 3. The van der Waals surface area contributed by atoms with E-state index in [1.54, 1.807) is 0 Å². The average Bonchev–Trinajstić information content (AvgIpc) is 2.42. The molecular weight excluding hydrogens is 223 g/mol. The third-order valence-electron chi connectivity index (χ3n) is 2.58. The molecule has 16 heavy (non-hydrogen) atoms. The van der Waals surface area contributed by atoms with Crippen LogP contribution in [0.3, 0.4) is 0 Å². The van der Waals surface area contributed by atoms with E-state index in [9.17, 15) is 18.0 Å². The van der Waals surface area contributed by atoms with E-state index in [0.29, 0.717) is 13.1 Å². The molecule has 0 aromatic carbocycles. The Bertz CT molecular complexity index is 420. The molecule has 0 aliphatic carbocycles. The lowest BCUT2D eigenvalue weighted by Gasteiger charge is -2.30. The van der Waals surface area contributed by atoms with Gasteiger partial charge in [-0.3, -0.25) is 9.89 Å². The van der Waals surface area contributed by atoms with Gasteiger partial charge in [-0.05, 0) is 13.3 Å². The van der Waals surface area contributed by atoms with Crippen LogP contribution in [0.2, 0.25) is 0 Å². The Morgan fingerprint density at radius 2 is 2.06 bits per heavy atom. The molecule has 1 aliphatic heterocycles. The number of nitrogens with one attached hydrogen (secondary N) is 1. The molecule has 0 saturated carbocycles. The summed E-state index contributed by atoms with van der Waals surface area (Å²) in [5, 5.41) is 5.66. The second-order valence-electron chi connectivity index (χ2n) is 3.72. The summed E-state index contributed by atoms with van der Waals surface area (Å²) in [5.74, 6) is -0.650. The van der Waals surface area contributed by atoms with Gasteiger partial charge in [0.15, 0.2) is 5.69 Å². The first kappa shape index (κ1) is 11.0. The van der Waals surface area contributed by atoms with Crippen molar-refractivity contribution < 1.29 is 18.0 Å². The van der Waals surface area contributed by atoms with Gasteiger partial charge in [0.05, 0.1) is 0 Å². The molecule has 2 rings (SSSR count). The highest BCUT2D eigenvalue weighted by Crippen LogP contribution is 2.34. The number of rotatable bonds is 1. The molecule has 1 amide bonds. The second-order valence-corrected chi connectivity index (χ2v) is 3.72. The standard InChI is InChI=1S/C9H10F3N3O/c1-5-6(9(10,11)12)7(14-13-5)8(16)15-3-2-4-15/h2-4H2,1H3,(H,13,14). The SMILES string of the molecule is Cc1[nH]nc(C(=O)N2CCC2)c1C(F)(F)F. The Morgan fingerprint density at radius 3 is 2.50 bits per heavy atom. The number of carbonyl (C=O) groups is 1. The average molecular weight is 233 g/mol. The van der Waals surface area contributed by atoms with E-state index in [-0.39, 0.29) is 5.69 Å². The predicted molar refractivity (Wildman–Crippen MR) is 48.8 cm³/mol. The number of carbonyl (C=O) groups excluding carboxylic acids is 1. The minimum Gasteiger partial charge on any atom is -0.337 e. The van der Waals surface area contributed by atoms with Gasteiger partial charge in [-0.25, -0.2) is 0 Å². The van der Waals surface area contributed by atoms with Gasteiger partial charge in [0.1, 0.15) is 5.56 Å². The van der Waals surface area contributed by atoms with Crippen LogP contribution in [0.1, 0.15) is 28.2 Å². The highest BCUT2D eigenvalue weighted by atomic mass is 19.4. The topological polar surface area (TPSA) is 49.0 Å². The fourth-order valence-electron chi connectivity index (χ4n) is 1.60. The van der Waals surface area contributed by atoms with Gasteiger partial charge in [-0.15, -0.1) is 0 Å². The number of aromatic amines is 1.